The molecule has 6 nitrogen and oxygen atoms in total. The predicted octanol–water partition coefficient (Wildman–Crippen LogP) is 1.59. The van der Waals surface area contributed by atoms with E-state index in [0.29, 0.717) is 18.8 Å². The zero-order valence-electron chi connectivity index (χ0n) is 14.1. The lowest BCUT2D eigenvalue weighted by molar-refractivity contribution is 0.121. The van der Waals surface area contributed by atoms with Crippen molar-refractivity contribution < 1.29 is 13.2 Å². The van der Waals surface area contributed by atoms with Crippen LogP contribution in [0, 0.1) is 0 Å². The van der Waals surface area contributed by atoms with E-state index >= 15 is 0 Å². The molecule has 0 aliphatic carbocycles. The molecular weight excluding hydrogens is 326 g/mol. The molecule has 2 aliphatic rings. The molecule has 3 rings (SSSR count). The number of nitrogens with zero attached hydrogens (tertiary/aromatic N) is 2. The number of aryl methyl sites for hydroxylation is 1. The van der Waals surface area contributed by atoms with Gasteiger partial charge < -0.3 is 10.2 Å². The monoisotopic (exact) mass is 351 g/mol. The Balaban J connectivity index is 1.54. The first-order valence-electron chi connectivity index (χ1n) is 8.57. The average molecular weight is 351 g/mol. The van der Waals surface area contributed by atoms with Crippen molar-refractivity contribution in [3.05, 3.63) is 29.8 Å². The summed E-state index contributed by atoms with van der Waals surface area (Å²) in [5, 5.41) is 3.00. The third-order valence-electron chi connectivity index (χ3n) is 4.97. The van der Waals surface area contributed by atoms with Gasteiger partial charge in [-0.05, 0) is 24.5 Å². The maximum atomic E-state index is 12.5. The number of piperazine rings is 1. The van der Waals surface area contributed by atoms with Crippen molar-refractivity contribution in [2.24, 2.45) is 0 Å². The highest BCUT2D eigenvalue weighted by atomic mass is 32.2. The van der Waals surface area contributed by atoms with E-state index in [2.05, 4.69) is 17.1 Å². The van der Waals surface area contributed by atoms with Crippen LogP contribution >= 0.6 is 0 Å². The van der Waals surface area contributed by atoms with Gasteiger partial charge in [-0.15, -0.1) is 0 Å². The van der Waals surface area contributed by atoms with Gasteiger partial charge >= 0.3 is 6.03 Å². The highest BCUT2D eigenvalue weighted by molar-refractivity contribution is 7.91. The number of rotatable bonds is 3. The van der Waals surface area contributed by atoms with E-state index in [9.17, 15) is 13.2 Å². The first-order valence-corrected chi connectivity index (χ1v) is 10.4. The standard InChI is InChI=1S/C17H25N3O3S/c1-2-14-5-3-4-6-16(14)18-17(21)20-10-8-19(9-11-20)15-7-12-24(22,23)13-15/h3-6,15H,2,7-13H2,1H3,(H,18,21). The number of urea groups is 1. The lowest BCUT2D eigenvalue weighted by atomic mass is 10.1. The van der Waals surface area contributed by atoms with Crippen molar-refractivity contribution in [3.8, 4) is 0 Å². The van der Waals surface area contributed by atoms with Gasteiger partial charge in [-0.3, -0.25) is 4.90 Å². The molecule has 7 heteroatoms. The predicted molar refractivity (Wildman–Crippen MR) is 95.0 cm³/mol. The van der Waals surface area contributed by atoms with Crippen LogP contribution in [0.4, 0.5) is 10.5 Å². The van der Waals surface area contributed by atoms with E-state index in [0.717, 1.165) is 37.2 Å². The second-order valence-corrected chi connectivity index (χ2v) is 8.75. The maximum absolute atomic E-state index is 12.5. The van der Waals surface area contributed by atoms with E-state index in [4.69, 9.17) is 0 Å². The van der Waals surface area contributed by atoms with Gasteiger partial charge in [-0.2, -0.15) is 0 Å². The number of amides is 2. The van der Waals surface area contributed by atoms with E-state index in [1.807, 2.05) is 29.2 Å². The van der Waals surface area contributed by atoms with Crippen LogP contribution in [0.3, 0.4) is 0 Å². The molecule has 1 atom stereocenters. The second-order valence-electron chi connectivity index (χ2n) is 6.52. The Bertz CT molecular complexity index is 697. The molecule has 0 saturated carbocycles. The second kappa shape index (κ2) is 7.11. The fourth-order valence-corrected chi connectivity index (χ4v) is 5.26. The minimum atomic E-state index is -2.86. The van der Waals surface area contributed by atoms with Crippen molar-refractivity contribution in [1.29, 1.82) is 0 Å². The quantitative estimate of drug-likeness (QED) is 0.898. The normalized spacial score (nSPS) is 24.0. The Kier molecular flexibility index (Phi) is 5.10. The molecule has 1 aromatic carbocycles. The van der Waals surface area contributed by atoms with Crippen LogP contribution in [0.25, 0.3) is 0 Å². The summed E-state index contributed by atoms with van der Waals surface area (Å²) < 4.78 is 23.2. The molecule has 2 heterocycles. The van der Waals surface area contributed by atoms with Gasteiger partial charge in [0.15, 0.2) is 9.84 Å². The number of hydrogen-bond acceptors (Lipinski definition) is 4. The number of para-hydroxylation sites is 1. The molecule has 2 amide bonds. The molecule has 2 aliphatic heterocycles. The number of carbonyl (C=O) groups excluding carboxylic acids is 1. The lowest BCUT2D eigenvalue weighted by Gasteiger charge is -2.37. The molecule has 24 heavy (non-hydrogen) atoms. The largest absolute Gasteiger partial charge is 0.322 e. The smallest absolute Gasteiger partial charge is 0.321 e. The summed E-state index contributed by atoms with van der Waals surface area (Å²) in [5.74, 6) is 0.565. The van der Waals surface area contributed by atoms with Gasteiger partial charge in [-0.25, -0.2) is 13.2 Å². The fraction of sp³-hybridized carbons (Fsp3) is 0.588. The summed E-state index contributed by atoms with van der Waals surface area (Å²) >= 11 is 0. The Morgan fingerprint density at radius 3 is 2.54 bits per heavy atom. The first kappa shape index (κ1) is 17.2. The minimum absolute atomic E-state index is 0.0745. The third-order valence-corrected chi connectivity index (χ3v) is 6.72. The number of hydrogen-bond donors (Lipinski definition) is 1. The van der Waals surface area contributed by atoms with Gasteiger partial charge in [0.1, 0.15) is 0 Å². The first-order chi connectivity index (χ1) is 11.5. The summed E-state index contributed by atoms with van der Waals surface area (Å²) in [6.07, 6.45) is 1.60. The molecule has 0 bridgehead atoms. The van der Waals surface area contributed by atoms with Crippen LogP contribution in [0.5, 0.6) is 0 Å². The topological polar surface area (TPSA) is 69.7 Å². The zero-order chi connectivity index (χ0) is 17.2. The van der Waals surface area contributed by atoms with Crippen molar-refractivity contribution in [1.82, 2.24) is 9.80 Å². The maximum Gasteiger partial charge on any atom is 0.321 e. The summed E-state index contributed by atoms with van der Waals surface area (Å²) in [5.41, 5.74) is 2.00. The van der Waals surface area contributed by atoms with Gasteiger partial charge in [0.2, 0.25) is 0 Å². The van der Waals surface area contributed by atoms with Crippen molar-refractivity contribution in [2.75, 3.05) is 43.0 Å². The summed E-state index contributed by atoms with van der Waals surface area (Å²) in [4.78, 5) is 16.5. The molecule has 132 valence electrons. The van der Waals surface area contributed by atoms with Gasteiger partial charge in [0.25, 0.3) is 0 Å². The van der Waals surface area contributed by atoms with Gasteiger partial charge in [0, 0.05) is 37.9 Å². The number of nitrogens with one attached hydrogen (secondary N) is 1. The van der Waals surface area contributed by atoms with Crippen LogP contribution in [-0.4, -0.2) is 68.0 Å². The van der Waals surface area contributed by atoms with Crippen LogP contribution in [0.2, 0.25) is 0 Å². The van der Waals surface area contributed by atoms with E-state index < -0.39 is 9.84 Å². The fourth-order valence-electron chi connectivity index (χ4n) is 3.50. The number of carbonyl (C=O) groups is 1. The van der Waals surface area contributed by atoms with Crippen LogP contribution in [-0.2, 0) is 16.3 Å². The lowest BCUT2D eigenvalue weighted by Crippen LogP contribution is -2.53. The molecule has 2 saturated heterocycles. The number of sulfone groups is 1. The van der Waals surface area contributed by atoms with Crippen molar-refractivity contribution in [3.63, 3.8) is 0 Å². The Hall–Kier alpha value is -1.60. The minimum Gasteiger partial charge on any atom is -0.322 e. The SMILES string of the molecule is CCc1ccccc1NC(=O)N1CCN(C2CCS(=O)(=O)C2)CC1. The zero-order valence-corrected chi connectivity index (χ0v) is 14.9. The number of anilines is 1. The highest BCUT2D eigenvalue weighted by Gasteiger charge is 2.34. The summed E-state index contributed by atoms with van der Waals surface area (Å²) in [6.45, 7) is 4.82. The van der Waals surface area contributed by atoms with Gasteiger partial charge in [-0.1, -0.05) is 25.1 Å². The van der Waals surface area contributed by atoms with E-state index in [1.165, 1.54) is 0 Å². The van der Waals surface area contributed by atoms with Crippen molar-refractivity contribution >= 4 is 21.6 Å². The Labute approximate surface area is 143 Å². The Morgan fingerprint density at radius 2 is 1.92 bits per heavy atom. The van der Waals surface area contributed by atoms with Crippen molar-refractivity contribution in [2.45, 2.75) is 25.8 Å². The molecule has 0 aromatic heterocycles. The molecule has 1 unspecified atom stereocenters. The molecular formula is C17H25N3O3S. The van der Waals surface area contributed by atoms with E-state index in [1.54, 1.807) is 0 Å². The third kappa shape index (κ3) is 3.89. The highest BCUT2D eigenvalue weighted by Crippen LogP contribution is 2.20. The molecule has 0 spiro atoms. The molecule has 2 fully saturated rings. The molecule has 0 radical (unpaired) electrons. The van der Waals surface area contributed by atoms with Crippen LogP contribution in [0.15, 0.2) is 24.3 Å². The van der Waals surface area contributed by atoms with Crippen LogP contribution < -0.4 is 5.32 Å². The average Bonchev–Trinajstić information content (AvgIpc) is 2.95. The summed E-state index contributed by atoms with van der Waals surface area (Å²) in [6, 6.07) is 7.90. The Morgan fingerprint density at radius 1 is 1.21 bits per heavy atom. The molecule has 1 aromatic rings. The number of benzene rings is 1. The molecule has 1 N–H and O–H groups in total. The van der Waals surface area contributed by atoms with Gasteiger partial charge in [0.05, 0.1) is 11.5 Å². The van der Waals surface area contributed by atoms with E-state index in [-0.39, 0.29) is 17.8 Å². The van der Waals surface area contributed by atoms with Crippen LogP contribution in [0.1, 0.15) is 18.9 Å². The summed E-state index contributed by atoms with van der Waals surface area (Å²) in [7, 11) is -2.86.